The van der Waals surface area contributed by atoms with Gasteiger partial charge in [-0.05, 0) is 43.3 Å². The minimum Gasteiger partial charge on any atom is -0.459 e. The fraction of sp³-hybridized carbons (Fsp3) is 0.174. The topological polar surface area (TPSA) is 73.0 Å². The Balaban J connectivity index is 1.30. The van der Waals surface area contributed by atoms with Gasteiger partial charge in [-0.1, -0.05) is 53.2 Å². The van der Waals surface area contributed by atoms with Crippen LogP contribution < -0.4 is 5.32 Å². The molecule has 0 saturated heterocycles. The molecule has 4 aromatic rings. The number of rotatable bonds is 7. The summed E-state index contributed by atoms with van der Waals surface area (Å²) in [5.41, 5.74) is 3.12. The predicted octanol–water partition coefficient (Wildman–Crippen LogP) is 5.11. The van der Waals surface area contributed by atoms with Crippen LogP contribution in [-0.2, 0) is 18.4 Å². The normalized spacial score (nSPS) is 10.9. The van der Waals surface area contributed by atoms with Crippen LogP contribution in [0.5, 0.6) is 0 Å². The molecule has 2 aromatic carbocycles. The second-order valence-corrected chi connectivity index (χ2v) is 8.45. The second-order valence-electron chi connectivity index (χ2n) is 7.07. The molecule has 0 aliphatic heterocycles. The molecule has 0 saturated carbocycles. The largest absolute Gasteiger partial charge is 0.459 e. The van der Waals surface area contributed by atoms with E-state index in [0.29, 0.717) is 22.5 Å². The monoisotopic (exact) mass is 452 g/mol. The molecule has 0 radical (unpaired) electrons. The SMILES string of the molecule is Cc1ccc(-c2nnc(SCC(=O)NCc3ccc(-c4ccc(Cl)cc4)o3)n2C)cc1. The highest BCUT2D eigenvalue weighted by atomic mass is 35.5. The van der Waals surface area contributed by atoms with Crippen LogP contribution in [0.15, 0.2) is 70.2 Å². The first kappa shape index (κ1) is 21.2. The highest BCUT2D eigenvalue weighted by molar-refractivity contribution is 7.99. The highest BCUT2D eigenvalue weighted by Gasteiger charge is 2.13. The Hall–Kier alpha value is -3.03. The minimum absolute atomic E-state index is 0.102. The smallest absolute Gasteiger partial charge is 0.230 e. The molecule has 31 heavy (non-hydrogen) atoms. The number of thioether (sulfide) groups is 1. The van der Waals surface area contributed by atoms with Crippen molar-refractivity contribution in [2.24, 2.45) is 7.05 Å². The number of carbonyl (C=O) groups is 1. The van der Waals surface area contributed by atoms with E-state index in [1.165, 1.54) is 17.3 Å². The number of benzene rings is 2. The van der Waals surface area contributed by atoms with Gasteiger partial charge >= 0.3 is 0 Å². The fourth-order valence-corrected chi connectivity index (χ4v) is 3.87. The van der Waals surface area contributed by atoms with E-state index in [-0.39, 0.29) is 11.7 Å². The summed E-state index contributed by atoms with van der Waals surface area (Å²) in [6, 6.07) is 19.3. The molecule has 0 spiro atoms. The maximum absolute atomic E-state index is 12.3. The number of carbonyl (C=O) groups excluding carboxylic acids is 1. The molecule has 6 nitrogen and oxygen atoms in total. The van der Waals surface area contributed by atoms with Crippen molar-refractivity contribution in [3.8, 4) is 22.7 Å². The molecule has 2 aromatic heterocycles. The summed E-state index contributed by atoms with van der Waals surface area (Å²) in [7, 11) is 1.90. The number of aryl methyl sites for hydroxylation is 1. The summed E-state index contributed by atoms with van der Waals surface area (Å²) >= 11 is 7.27. The van der Waals surface area contributed by atoms with Crippen molar-refractivity contribution in [2.45, 2.75) is 18.6 Å². The van der Waals surface area contributed by atoms with Crippen molar-refractivity contribution < 1.29 is 9.21 Å². The lowest BCUT2D eigenvalue weighted by molar-refractivity contribution is -0.118. The average Bonchev–Trinajstić information content (AvgIpc) is 3.39. The maximum atomic E-state index is 12.3. The molecule has 2 heterocycles. The third-order valence-corrected chi connectivity index (χ3v) is 6.00. The Morgan fingerprint density at radius 2 is 1.74 bits per heavy atom. The standard InChI is InChI=1S/C23H21ClN4O2S/c1-15-3-5-17(6-4-15)22-26-27-23(28(22)2)31-14-21(29)25-13-19-11-12-20(30-19)16-7-9-18(24)10-8-16/h3-12H,13-14H2,1-2H3,(H,25,29). The third-order valence-electron chi connectivity index (χ3n) is 4.73. The minimum atomic E-state index is -0.102. The molecule has 0 aliphatic rings. The van der Waals surface area contributed by atoms with Crippen LogP contribution in [0.2, 0.25) is 5.02 Å². The first-order chi connectivity index (χ1) is 15.0. The second kappa shape index (κ2) is 9.41. The number of aromatic nitrogens is 3. The van der Waals surface area contributed by atoms with Gasteiger partial charge in [-0.25, -0.2) is 0 Å². The van der Waals surface area contributed by atoms with E-state index >= 15 is 0 Å². The fourth-order valence-electron chi connectivity index (χ4n) is 3.00. The average molecular weight is 453 g/mol. The molecule has 158 valence electrons. The number of nitrogens with one attached hydrogen (secondary N) is 1. The van der Waals surface area contributed by atoms with E-state index in [2.05, 4.69) is 15.5 Å². The number of amides is 1. The number of hydrogen-bond donors (Lipinski definition) is 1. The van der Waals surface area contributed by atoms with Gasteiger partial charge in [-0.2, -0.15) is 0 Å². The summed E-state index contributed by atoms with van der Waals surface area (Å²) in [5.74, 6) is 2.33. The lowest BCUT2D eigenvalue weighted by atomic mass is 10.1. The van der Waals surface area contributed by atoms with Gasteiger partial charge in [0.05, 0.1) is 12.3 Å². The molecule has 1 N–H and O–H groups in total. The summed E-state index contributed by atoms with van der Waals surface area (Å²) < 4.78 is 7.71. The molecule has 0 fully saturated rings. The van der Waals surface area contributed by atoms with Crippen LogP contribution in [0, 0.1) is 6.92 Å². The van der Waals surface area contributed by atoms with Gasteiger partial charge in [-0.15, -0.1) is 10.2 Å². The van der Waals surface area contributed by atoms with Crippen LogP contribution in [0.3, 0.4) is 0 Å². The summed E-state index contributed by atoms with van der Waals surface area (Å²) in [6.45, 7) is 2.36. The van der Waals surface area contributed by atoms with E-state index in [1.54, 1.807) is 0 Å². The van der Waals surface area contributed by atoms with Gasteiger partial charge in [0.15, 0.2) is 11.0 Å². The predicted molar refractivity (Wildman–Crippen MR) is 123 cm³/mol. The van der Waals surface area contributed by atoms with E-state index in [1.807, 2.05) is 79.2 Å². The number of halogens is 1. The molecular weight excluding hydrogens is 432 g/mol. The Morgan fingerprint density at radius 3 is 2.48 bits per heavy atom. The van der Waals surface area contributed by atoms with Crippen LogP contribution in [0.4, 0.5) is 0 Å². The Morgan fingerprint density at radius 1 is 1.03 bits per heavy atom. The molecule has 0 bridgehead atoms. The van der Waals surface area contributed by atoms with Crippen molar-refractivity contribution in [3.63, 3.8) is 0 Å². The Bertz CT molecular complexity index is 1180. The third kappa shape index (κ3) is 5.18. The first-order valence-electron chi connectivity index (χ1n) is 9.70. The van der Waals surface area contributed by atoms with Crippen LogP contribution in [0.25, 0.3) is 22.7 Å². The van der Waals surface area contributed by atoms with E-state index in [9.17, 15) is 4.79 Å². The van der Waals surface area contributed by atoms with Crippen molar-refractivity contribution in [2.75, 3.05) is 5.75 Å². The number of hydrogen-bond acceptors (Lipinski definition) is 5. The molecule has 0 atom stereocenters. The van der Waals surface area contributed by atoms with Crippen LogP contribution in [0.1, 0.15) is 11.3 Å². The summed E-state index contributed by atoms with van der Waals surface area (Å²) in [4.78, 5) is 12.3. The molecule has 0 aliphatic carbocycles. The van der Waals surface area contributed by atoms with Crippen molar-refractivity contribution in [3.05, 3.63) is 77.0 Å². The van der Waals surface area contributed by atoms with Crippen LogP contribution in [-0.4, -0.2) is 26.4 Å². The molecule has 0 unspecified atom stereocenters. The molecule has 1 amide bonds. The highest BCUT2D eigenvalue weighted by Crippen LogP contribution is 2.24. The quantitative estimate of drug-likeness (QED) is 0.394. The Kier molecular flexibility index (Phi) is 6.44. The van der Waals surface area contributed by atoms with Gasteiger partial charge in [-0.3, -0.25) is 4.79 Å². The van der Waals surface area contributed by atoms with Gasteiger partial charge < -0.3 is 14.3 Å². The number of nitrogens with zero attached hydrogens (tertiary/aromatic N) is 3. The molecule has 4 rings (SSSR count). The van der Waals surface area contributed by atoms with E-state index < -0.39 is 0 Å². The zero-order chi connectivity index (χ0) is 21.8. The lowest BCUT2D eigenvalue weighted by Crippen LogP contribution is -2.24. The van der Waals surface area contributed by atoms with Gasteiger partial charge in [0.1, 0.15) is 11.5 Å². The molecule has 8 heteroatoms. The number of furan rings is 1. The summed E-state index contributed by atoms with van der Waals surface area (Å²) in [6.07, 6.45) is 0. The van der Waals surface area contributed by atoms with Crippen LogP contribution >= 0.6 is 23.4 Å². The van der Waals surface area contributed by atoms with Crippen molar-refractivity contribution in [1.29, 1.82) is 0 Å². The zero-order valence-corrected chi connectivity index (χ0v) is 18.7. The van der Waals surface area contributed by atoms with Gasteiger partial charge in [0, 0.05) is 23.2 Å². The summed E-state index contributed by atoms with van der Waals surface area (Å²) in [5, 5.41) is 12.7. The lowest BCUT2D eigenvalue weighted by Gasteiger charge is -2.05. The van der Waals surface area contributed by atoms with Crippen molar-refractivity contribution in [1.82, 2.24) is 20.1 Å². The Labute approximate surface area is 189 Å². The van der Waals surface area contributed by atoms with Gasteiger partial charge in [0.25, 0.3) is 0 Å². The molecular formula is C23H21ClN4O2S. The van der Waals surface area contributed by atoms with E-state index in [4.69, 9.17) is 16.0 Å². The van der Waals surface area contributed by atoms with E-state index in [0.717, 1.165) is 22.7 Å². The van der Waals surface area contributed by atoms with Crippen molar-refractivity contribution >= 4 is 29.3 Å². The first-order valence-corrected chi connectivity index (χ1v) is 11.1. The maximum Gasteiger partial charge on any atom is 0.230 e. The zero-order valence-electron chi connectivity index (χ0n) is 17.1. The van der Waals surface area contributed by atoms with Gasteiger partial charge in [0.2, 0.25) is 5.91 Å².